The van der Waals surface area contributed by atoms with Crippen molar-refractivity contribution in [2.45, 2.75) is 18.9 Å². The number of benzene rings is 1. The van der Waals surface area contributed by atoms with Crippen LogP contribution in [0.15, 0.2) is 18.2 Å². The first-order valence-electron chi connectivity index (χ1n) is 7.07. The van der Waals surface area contributed by atoms with Crippen LogP contribution in [0.4, 0.5) is 15.8 Å². The number of anilines is 2. The second-order valence-electron chi connectivity index (χ2n) is 5.71. The van der Waals surface area contributed by atoms with Gasteiger partial charge in [0.2, 0.25) is 5.91 Å². The average molecular weight is 277 g/mol. The van der Waals surface area contributed by atoms with Gasteiger partial charge in [0.05, 0.1) is 17.9 Å². The van der Waals surface area contributed by atoms with Gasteiger partial charge in [0, 0.05) is 33.2 Å². The summed E-state index contributed by atoms with van der Waals surface area (Å²) in [6.45, 7) is 1.97. The molecule has 3 rings (SSSR count). The minimum Gasteiger partial charge on any atom is -0.371 e. The van der Waals surface area contributed by atoms with Crippen molar-refractivity contribution in [2.24, 2.45) is 0 Å². The van der Waals surface area contributed by atoms with Crippen LogP contribution in [0.25, 0.3) is 0 Å². The van der Waals surface area contributed by atoms with E-state index in [1.165, 1.54) is 12.1 Å². The van der Waals surface area contributed by atoms with Crippen molar-refractivity contribution >= 4 is 17.3 Å². The van der Waals surface area contributed by atoms with Crippen LogP contribution in [0.5, 0.6) is 0 Å². The molecule has 0 spiro atoms. The van der Waals surface area contributed by atoms with Gasteiger partial charge in [0.15, 0.2) is 0 Å². The number of carbonyl (C=O) groups excluding carboxylic acids is 1. The van der Waals surface area contributed by atoms with E-state index < -0.39 is 0 Å². The Hall–Kier alpha value is -1.78. The number of carbonyl (C=O) groups is 1. The first kappa shape index (κ1) is 13.2. The fourth-order valence-corrected chi connectivity index (χ4v) is 2.69. The van der Waals surface area contributed by atoms with Gasteiger partial charge in [-0.3, -0.25) is 4.79 Å². The van der Waals surface area contributed by atoms with Gasteiger partial charge in [0.25, 0.3) is 0 Å². The molecule has 1 amide bonds. The Balaban J connectivity index is 1.78. The smallest absolute Gasteiger partial charge is 0.242 e. The third-order valence-corrected chi connectivity index (χ3v) is 4.21. The molecule has 1 aromatic carbocycles. The Morgan fingerprint density at radius 2 is 2.10 bits per heavy atom. The lowest BCUT2D eigenvalue weighted by Gasteiger charge is -2.37. The van der Waals surface area contributed by atoms with Crippen molar-refractivity contribution in [2.75, 3.05) is 43.5 Å². The van der Waals surface area contributed by atoms with Crippen LogP contribution >= 0.6 is 0 Å². The van der Waals surface area contributed by atoms with E-state index in [0.717, 1.165) is 37.3 Å². The van der Waals surface area contributed by atoms with E-state index in [0.29, 0.717) is 12.6 Å². The molecule has 0 bridgehead atoms. The lowest BCUT2D eigenvalue weighted by atomic mass is 10.1. The Morgan fingerprint density at radius 1 is 1.35 bits per heavy atom. The quantitative estimate of drug-likeness (QED) is 0.841. The Morgan fingerprint density at radius 3 is 2.80 bits per heavy atom. The van der Waals surface area contributed by atoms with Crippen molar-refractivity contribution in [3.8, 4) is 0 Å². The minimum absolute atomic E-state index is 0.146. The minimum atomic E-state index is -0.237. The van der Waals surface area contributed by atoms with E-state index in [1.807, 2.05) is 23.9 Å². The topological polar surface area (TPSA) is 26.8 Å². The Bertz CT molecular complexity index is 530. The predicted octanol–water partition coefficient (Wildman–Crippen LogP) is 1.70. The van der Waals surface area contributed by atoms with Gasteiger partial charge in [0.1, 0.15) is 5.82 Å². The van der Waals surface area contributed by atoms with Crippen molar-refractivity contribution < 1.29 is 9.18 Å². The molecule has 20 heavy (non-hydrogen) atoms. The zero-order valence-electron chi connectivity index (χ0n) is 12.0. The molecule has 0 aromatic heterocycles. The fraction of sp³-hybridized carbons (Fsp3) is 0.533. The summed E-state index contributed by atoms with van der Waals surface area (Å²) in [7, 11) is 3.83. The van der Waals surface area contributed by atoms with Crippen LogP contribution in [-0.2, 0) is 4.79 Å². The zero-order chi connectivity index (χ0) is 14.3. The van der Waals surface area contributed by atoms with Crippen LogP contribution in [0.3, 0.4) is 0 Å². The number of nitrogens with zero attached hydrogens (tertiary/aromatic N) is 3. The highest BCUT2D eigenvalue weighted by Gasteiger charge is 2.31. The third kappa shape index (κ3) is 2.44. The number of rotatable bonds is 3. The summed E-state index contributed by atoms with van der Waals surface area (Å²) in [6, 6.07) is 5.20. The molecule has 108 valence electrons. The third-order valence-electron chi connectivity index (χ3n) is 4.21. The van der Waals surface area contributed by atoms with E-state index in [4.69, 9.17) is 0 Å². The largest absolute Gasteiger partial charge is 0.371 e. The zero-order valence-corrected chi connectivity index (χ0v) is 12.0. The van der Waals surface area contributed by atoms with Crippen LogP contribution in [0, 0.1) is 5.82 Å². The number of fused-ring (bicyclic) bond motifs is 1. The van der Waals surface area contributed by atoms with Crippen molar-refractivity contribution in [1.29, 1.82) is 0 Å². The van der Waals surface area contributed by atoms with E-state index in [2.05, 4.69) is 4.90 Å². The molecule has 0 atom stereocenters. The average Bonchev–Trinajstić information content (AvgIpc) is 3.25. The van der Waals surface area contributed by atoms with Gasteiger partial charge < -0.3 is 14.7 Å². The summed E-state index contributed by atoms with van der Waals surface area (Å²) in [4.78, 5) is 18.2. The lowest BCUT2D eigenvalue weighted by Crippen LogP contribution is -2.45. The van der Waals surface area contributed by atoms with Crippen LogP contribution in [0.1, 0.15) is 12.8 Å². The summed E-state index contributed by atoms with van der Waals surface area (Å²) >= 11 is 0. The van der Waals surface area contributed by atoms with Gasteiger partial charge in [-0.2, -0.15) is 0 Å². The first-order chi connectivity index (χ1) is 9.56. The van der Waals surface area contributed by atoms with Gasteiger partial charge in [-0.1, -0.05) is 0 Å². The highest BCUT2D eigenvalue weighted by atomic mass is 19.1. The van der Waals surface area contributed by atoms with Crippen LogP contribution < -0.4 is 9.80 Å². The summed E-state index contributed by atoms with van der Waals surface area (Å²) in [5.74, 6) is -0.0915. The molecule has 1 fully saturated rings. The molecule has 0 radical (unpaired) electrons. The first-order valence-corrected chi connectivity index (χ1v) is 7.07. The Labute approximate surface area is 118 Å². The number of hydrogen-bond donors (Lipinski definition) is 0. The van der Waals surface area contributed by atoms with E-state index in [1.54, 1.807) is 6.07 Å². The summed E-state index contributed by atoms with van der Waals surface area (Å²) in [6.07, 6.45) is 2.24. The molecule has 0 unspecified atom stereocenters. The van der Waals surface area contributed by atoms with Crippen molar-refractivity contribution in [1.82, 2.24) is 4.90 Å². The fourth-order valence-electron chi connectivity index (χ4n) is 2.69. The lowest BCUT2D eigenvalue weighted by molar-refractivity contribution is -0.128. The van der Waals surface area contributed by atoms with Crippen molar-refractivity contribution in [3.63, 3.8) is 0 Å². The molecule has 4 nitrogen and oxygen atoms in total. The maximum Gasteiger partial charge on any atom is 0.242 e. The van der Waals surface area contributed by atoms with E-state index in [9.17, 15) is 9.18 Å². The molecule has 0 N–H and O–H groups in total. The predicted molar refractivity (Wildman–Crippen MR) is 77.7 cm³/mol. The van der Waals surface area contributed by atoms with Crippen molar-refractivity contribution in [3.05, 3.63) is 24.0 Å². The molecule has 2 aliphatic rings. The molecule has 1 aliphatic heterocycles. The maximum absolute atomic E-state index is 13.4. The van der Waals surface area contributed by atoms with Gasteiger partial charge >= 0.3 is 0 Å². The Kier molecular flexibility index (Phi) is 3.28. The molecule has 1 aromatic rings. The maximum atomic E-state index is 13.4. The summed E-state index contributed by atoms with van der Waals surface area (Å²) < 4.78 is 13.4. The van der Waals surface area contributed by atoms with Gasteiger partial charge in [-0.25, -0.2) is 4.39 Å². The summed E-state index contributed by atoms with van der Waals surface area (Å²) in [5.41, 5.74) is 1.80. The monoisotopic (exact) mass is 277 g/mol. The number of halogens is 1. The highest BCUT2D eigenvalue weighted by molar-refractivity contribution is 5.84. The molecule has 1 aliphatic carbocycles. The molecule has 1 saturated carbocycles. The van der Waals surface area contributed by atoms with Crippen LogP contribution in [0.2, 0.25) is 0 Å². The molecule has 1 heterocycles. The summed E-state index contributed by atoms with van der Waals surface area (Å²) in [5, 5.41) is 0. The molecule has 5 heteroatoms. The normalized spacial score (nSPS) is 17.9. The second kappa shape index (κ2) is 4.96. The second-order valence-corrected chi connectivity index (χ2v) is 5.71. The van der Waals surface area contributed by atoms with Gasteiger partial charge in [-0.05, 0) is 31.0 Å². The standard InChI is InChI=1S/C15H20FN3O/c1-17-7-8-19(10-15(20)18(2)12-4-5-12)13-6-3-11(16)9-14(13)17/h3,6,9,12H,4-5,7-8,10H2,1-2H3. The van der Waals surface area contributed by atoms with Gasteiger partial charge in [-0.15, -0.1) is 0 Å². The SMILES string of the molecule is CN1CCN(CC(=O)N(C)C2CC2)c2ccc(F)cc21. The van der Waals surface area contributed by atoms with E-state index >= 15 is 0 Å². The highest BCUT2D eigenvalue weighted by Crippen LogP contribution is 2.33. The molecule has 0 saturated heterocycles. The number of likely N-dealkylation sites (N-methyl/N-ethyl adjacent to an activating group) is 2. The molecular weight excluding hydrogens is 257 g/mol. The number of amides is 1. The number of hydrogen-bond acceptors (Lipinski definition) is 3. The van der Waals surface area contributed by atoms with Crippen LogP contribution in [-0.4, -0.2) is 50.6 Å². The molecular formula is C15H20FN3O. The van der Waals surface area contributed by atoms with E-state index in [-0.39, 0.29) is 11.7 Å².